The molecule has 3 aromatic carbocycles. The van der Waals surface area contributed by atoms with Crippen LogP contribution in [-0.2, 0) is 15.2 Å². The Morgan fingerprint density at radius 3 is 1.89 bits per heavy atom. The van der Waals surface area contributed by atoms with Crippen molar-refractivity contribution in [3.8, 4) is 0 Å². The molecule has 194 valence electrons. The molecule has 8 heteroatoms. The number of hydrogen-bond acceptors (Lipinski definition) is 5. The summed E-state index contributed by atoms with van der Waals surface area (Å²) < 4.78 is 36.2. The fourth-order valence-corrected chi connectivity index (χ4v) is 4.79. The molecule has 38 heavy (non-hydrogen) atoms. The molecule has 1 saturated heterocycles. The van der Waals surface area contributed by atoms with E-state index in [1.165, 1.54) is 12.3 Å². The first kappa shape index (κ1) is 26.0. The number of rotatable bonds is 10. The predicted octanol–water partition coefficient (Wildman–Crippen LogP) is 6.52. The van der Waals surface area contributed by atoms with Crippen LogP contribution in [0.1, 0.15) is 16.7 Å². The van der Waals surface area contributed by atoms with Gasteiger partial charge in [0, 0.05) is 10.7 Å². The Labute approximate surface area is 228 Å². The Morgan fingerprint density at radius 1 is 0.868 bits per heavy atom. The summed E-state index contributed by atoms with van der Waals surface area (Å²) >= 11 is 3.20. The summed E-state index contributed by atoms with van der Waals surface area (Å²) in [4.78, 5) is 11.1. The number of hydrogen-bond donors (Lipinski definition) is 0. The van der Waals surface area contributed by atoms with Gasteiger partial charge in [0.15, 0.2) is 24.4 Å². The first-order valence-electron chi connectivity index (χ1n) is 12.2. The molecule has 1 atom stereocenters. The first-order chi connectivity index (χ1) is 18.6. The molecule has 4 aromatic rings. The van der Waals surface area contributed by atoms with Gasteiger partial charge in [0.1, 0.15) is 5.60 Å². The summed E-state index contributed by atoms with van der Waals surface area (Å²) in [6, 6.07) is 30.8. The number of halogens is 3. The lowest BCUT2D eigenvalue weighted by molar-refractivity contribution is -0.0372. The Bertz CT molecular complexity index is 1270. The number of benzene rings is 3. The van der Waals surface area contributed by atoms with Crippen LogP contribution >= 0.6 is 15.9 Å². The molecule has 0 aliphatic carbocycles. The zero-order chi connectivity index (χ0) is 26.4. The fourth-order valence-electron chi connectivity index (χ4n) is 4.48. The van der Waals surface area contributed by atoms with Crippen LogP contribution in [0.3, 0.4) is 0 Å². The highest BCUT2D eigenvalue weighted by Crippen LogP contribution is 2.40. The molecule has 1 aliphatic heterocycles. The van der Waals surface area contributed by atoms with Crippen molar-refractivity contribution in [1.82, 2.24) is 4.98 Å². The topological polar surface area (TPSA) is 47.0 Å². The van der Waals surface area contributed by atoms with Crippen LogP contribution in [0.2, 0.25) is 0 Å². The molecule has 0 N–H and O–H groups in total. The predicted molar refractivity (Wildman–Crippen MR) is 148 cm³/mol. The van der Waals surface area contributed by atoms with Crippen LogP contribution in [0.25, 0.3) is 0 Å². The van der Waals surface area contributed by atoms with Crippen molar-refractivity contribution < 1.29 is 18.4 Å². The lowest BCUT2D eigenvalue weighted by Gasteiger charge is -2.36. The minimum Gasteiger partial charge on any atom is -0.393 e. The zero-order valence-electron chi connectivity index (χ0n) is 20.5. The van der Waals surface area contributed by atoms with Gasteiger partial charge in [-0.1, -0.05) is 96.2 Å². The largest absolute Gasteiger partial charge is 0.393 e. The number of ether oxygens (including phenoxy) is 1. The summed E-state index contributed by atoms with van der Waals surface area (Å²) in [5.41, 5.74) is 2.38. The monoisotopic (exact) mass is 577 g/mol. The molecular formula is C30H26BrF2N3O2. The molecule has 1 aromatic heterocycles. The van der Waals surface area contributed by atoms with Gasteiger partial charge in [-0.25, -0.2) is 13.8 Å². The minimum atomic E-state index is -1.42. The van der Waals surface area contributed by atoms with Crippen LogP contribution in [0.15, 0.2) is 113 Å². The molecule has 1 unspecified atom stereocenters. The average molecular weight is 578 g/mol. The number of alkyl halides is 1. The molecule has 5 nitrogen and oxygen atoms in total. The van der Waals surface area contributed by atoms with Gasteiger partial charge in [-0.15, -0.1) is 0 Å². The van der Waals surface area contributed by atoms with Crippen LogP contribution in [-0.4, -0.2) is 43.2 Å². The molecule has 1 fully saturated rings. The second-order valence-corrected chi connectivity index (χ2v) is 9.87. The van der Waals surface area contributed by atoms with Crippen LogP contribution in [0.4, 0.5) is 14.6 Å². The van der Waals surface area contributed by atoms with E-state index in [0.717, 1.165) is 16.7 Å². The second-order valence-electron chi connectivity index (χ2n) is 8.96. The van der Waals surface area contributed by atoms with Gasteiger partial charge in [0.25, 0.3) is 0 Å². The molecule has 0 spiro atoms. The number of anilines is 1. The molecule has 1 aliphatic rings. The van der Waals surface area contributed by atoms with E-state index in [1.807, 2.05) is 91.0 Å². The van der Waals surface area contributed by atoms with Crippen molar-refractivity contribution in [2.45, 2.75) is 11.8 Å². The van der Waals surface area contributed by atoms with E-state index in [-0.39, 0.29) is 19.0 Å². The molecule has 0 saturated carbocycles. The quantitative estimate of drug-likeness (QED) is 0.159. The summed E-state index contributed by atoms with van der Waals surface area (Å²) in [6.07, 6.45) is 0.120. The van der Waals surface area contributed by atoms with E-state index in [9.17, 15) is 4.39 Å². The SMILES string of the molecule is Fc1cc(Br)cnc1N1CC(=NOCC(F)COC(c2ccccc2)(c2ccccc2)c2ccccc2)C1. The van der Waals surface area contributed by atoms with Crippen molar-refractivity contribution in [3.05, 3.63) is 130 Å². The van der Waals surface area contributed by atoms with Crippen LogP contribution in [0.5, 0.6) is 0 Å². The van der Waals surface area contributed by atoms with Gasteiger partial charge in [-0.3, -0.25) is 0 Å². The Kier molecular flexibility index (Phi) is 8.10. The third-order valence-corrected chi connectivity index (χ3v) is 6.74. The van der Waals surface area contributed by atoms with Crippen molar-refractivity contribution >= 4 is 27.5 Å². The lowest BCUT2D eigenvalue weighted by Crippen LogP contribution is -2.48. The third-order valence-electron chi connectivity index (χ3n) is 6.31. The van der Waals surface area contributed by atoms with E-state index in [2.05, 4.69) is 26.1 Å². The zero-order valence-corrected chi connectivity index (χ0v) is 22.1. The maximum atomic E-state index is 15.1. The fraction of sp³-hybridized carbons (Fsp3) is 0.200. The van der Waals surface area contributed by atoms with E-state index in [1.54, 1.807) is 4.90 Å². The van der Waals surface area contributed by atoms with Crippen molar-refractivity contribution in [1.29, 1.82) is 0 Å². The number of aromatic nitrogens is 1. The lowest BCUT2D eigenvalue weighted by atomic mass is 9.80. The molecular weight excluding hydrogens is 552 g/mol. The van der Waals surface area contributed by atoms with Gasteiger partial charge < -0.3 is 14.5 Å². The highest BCUT2D eigenvalue weighted by atomic mass is 79.9. The molecule has 0 amide bonds. The van der Waals surface area contributed by atoms with Gasteiger partial charge in [0.2, 0.25) is 0 Å². The average Bonchev–Trinajstić information content (AvgIpc) is 2.93. The summed E-state index contributed by atoms with van der Waals surface area (Å²) in [5, 5.41) is 4.03. The summed E-state index contributed by atoms with van der Waals surface area (Å²) in [7, 11) is 0. The van der Waals surface area contributed by atoms with E-state index >= 15 is 4.39 Å². The van der Waals surface area contributed by atoms with Crippen molar-refractivity contribution in [3.63, 3.8) is 0 Å². The molecule has 2 heterocycles. The van der Waals surface area contributed by atoms with Crippen molar-refractivity contribution in [2.24, 2.45) is 5.16 Å². The third kappa shape index (κ3) is 5.61. The van der Waals surface area contributed by atoms with Crippen LogP contribution in [0, 0.1) is 5.82 Å². The molecule has 0 radical (unpaired) electrons. The van der Waals surface area contributed by atoms with Crippen LogP contribution < -0.4 is 4.90 Å². The van der Waals surface area contributed by atoms with Gasteiger partial charge in [0.05, 0.1) is 25.4 Å². The maximum Gasteiger partial charge on any atom is 0.166 e. The highest BCUT2D eigenvalue weighted by Gasteiger charge is 2.38. The molecule has 0 bridgehead atoms. The Balaban J connectivity index is 1.26. The number of nitrogens with zero attached hydrogens (tertiary/aromatic N) is 3. The smallest absolute Gasteiger partial charge is 0.166 e. The van der Waals surface area contributed by atoms with E-state index in [4.69, 9.17) is 9.57 Å². The molecule has 5 rings (SSSR count). The standard InChI is InChI=1S/C30H26BrF2N3O2/c31-25-16-28(33)29(34-17-25)36-18-27(19-36)35-38-21-26(32)20-37-30(22-10-4-1-5-11-22,23-12-6-2-7-13-23)24-14-8-3-9-15-24/h1-17,26H,18-21H2. The van der Waals surface area contributed by atoms with Gasteiger partial charge in [-0.05, 0) is 38.7 Å². The number of pyridine rings is 1. The van der Waals surface area contributed by atoms with E-state index in [0.29, 0.717) is 23.3 Å². The number of oxime groups is 1. The maximum absolute atomic E-state index is 15.1. The minimum absolute atomic E-state index is 0.205. The Hall–Kier alpha value is -3.62. The second kappa shape index (κ2) is 11.8. The highest BCUT2D eigenvalue weighted by molar-refractivity contribution is 9.10. The normalized spacial score (nSPS) is 14.1. The summed E-state index contributed by atoms with van der Waals surface area (Å²) in [6.45, 7) is 0.281. The first-order valence-corrected chi connectivity index (χ1v) is 13.0. The van der Waals surface area contributed by atoms with Gasteiger partial charge in [-0.2, -0.15) is 0 Å². The Morgan fingerprint density at radius 2 is 1.39 bits per heavy atom. The summed E-state index contributed by atoms with van der Waals surface area (Å²) in [5.74, 6) is -0.165. The van der Waals surface area contributed by atoms with Gasteiger partial charge >= 0.3 is 0 Å². The van der Waals surface area contributed by atoms with E-state index < -0.39 is 17.6 Å². The van der Waals surface area contributed by atoms with Crippen molar-refractivity contribution in [2.75, 3.05) is 31.2 Å².